The van der Waals surface area contributed by atoms with Crippen LogP contribution in [-0.4, -0.2) is 9.97 Å². The molecule has 3 heteroatoms. The summed E-state index contributed by atoms with van der Waals surface area (Å²) in [7, 11) is 0. The van der Waals surface area contributed by atoms with E-state index >= 15 is 0 Å². The lowest BCUT2D eigenvalue weighted by Gasteiger charge is -1.84. The van der Waals surface area contributed by atoms with Crippen LogP contribution in [0.15, 0.2) is 29.0 Å². The molecule has 0 aliphatic rings. The van der Waals surface area contributed by atoms with E-state index in [2.05, 4.69) is 9.97 Å². The van der Waals surface area contributed by atoms with E-state index in [0.717, 1.165) is 11.4 Å². The van der Waals surface area contributed by atoms with E-state index in [-0.39, 0.29) is 0 Å². The molecule has 0 amide bonds. The molecule has 0 aromatic carbocycles. The average molecular weight is 148 g/mol. The molecule has 0 unspecified atom stereocenters. The Kier molecular flexibility index (Phi) is 1.28. The molecule has 56 valence electrons. The summed E-state index contributed by atoms with van der Waals surface area (Å²) < 4.78 is 5.06. The number of aromatic nitrogens is 2. The summed E-state index contributed by atoms with van der Waals surface area (Å²) in [6.45, 7) is 1.83. The van der Waals surface area contributed by atoms with Crippen molar-refractivity contribution in [2.24, 2.45) is 0 Å². The maximum Gasteiger partial charge on any atom is 0.191 e. The molecule has 0 saturated heterocycles. The number of aryl methyl sites for hydroxylation is 1. The number of nitrogens with one attached hydrogen (secondary N) is 1. The Labute approximate surface area is 64.1 Å². The van der Waals surface area contributed by atoms with Crippen molar-refractivity contribution in [3.63, 3.8) is 0 Å². The zero-order valence-electron chi connectivity index (χ0n) is 6.16. The smallest absolute Gasteiger partial charge is 0.191 e. The summed E-state index contributed by atoms with van der Waals surface area (Å²) >= 11 is 0. The van der Waals surface area contributed by atoms with Crippen molar-refractivity contribution in [2.75, 3.05) is 0 Å². The van der Waals surface area contributed by atoms with Crippen LogP contribution in [0.25, 0.3) is 11.4 Å². The molecule has 2 aromatic heterocycles. The van der Waals surface area contributed by atoms with Gasteiger partial charge in [0.2, 0.25) is 0 Å². The van der Waals surface area contributed by atoms with E-state index in [4.69, 9.17) is 4.42 Å². The third kappa shape index (κ3) is 1.05. The van der Waals surface area contributed by atoms with E-state index in [1.165, 1.54) is 0 Å². The van der Waals surface area contributed by atoms with Gasteiger partial charge < -0.3 is 9.40 Å². The molecule has 0 radical (unpaired) electrons. The second-order valence-electron chi connectivity index (χ2n) is 2.34. The normalized spacial score (nSPS) is 10.3. The molecule has 0 aliphatic heterocycles. The number of hydrogen-bond acceptors (Lipinski definition) is 2. The van der Waals surface area contributed by atoms with Crippen LogP contribution >= 0.6 is 0 Å². The first-order chi connectivity index (χ1) is 5.36. The molecule has 2 rings (SSSR count). The summed E-state index contributed by atoms with van der Waals surface area (Å²) in [6.07, 6.45) is 3.50. The van der Waals surface area contributed by atoms with Gasteiger partial charge >= 0.3 is 0 Å². The maximum absolute atomic E-state index is 5.06. The molecule has 0 fully saturated rings. The minimum absolute atomic E-state index is 0.689. The van der Waals surface area contributed by atoms with Gasteiger partial charge in [0.1, 0.15) is 12.0 Å². The highest BCUT2D eigenvalue weighted by Gasteiger charge is 2.01. The number of aromatic amines is 1. The van der Waals surface area contributed by atoms with E-state index in [1.807, 2.05) is 25.3 Å². The Hall–Kier alpha value is -1.51. The van der Waals surface area contributed by atoms with Gasteiger partial charge in [-0.3, -0.25) is 0 Å². The first-order valence-electron chi connectivity index (χ1n) is 3.42. The Balaban J connectivity index is 2.45. The summed E-state index contributed by atoms with van der Waals surface area (Å²) in [5.74, 6) is 0.689. The van der Waals surface area contributed by atoms with Crippen molar-refractivity contribution < 1.29 is 4.42 Å². The molecule has 11 heavy (non-hydrogen) atoms. The fourth-order valence-corrected chi connectivity index (χ4v) is 0.977. The SMILES string of the molecule is Cc1nc(-c2ccc[nH]2)co1. The molecule has 2 aromatic rings. The molecule has 0 spiro atoms. The van der Waals surface area contributed by atoms with Crippen molar-refractivity contribution in [3.05, 3.63) is 30.5 Å². The van der Waals surface area contributed by atoms with Gasteiger partial charge in [-0.1, -0.05) is 0 Å². The van der Waals surface area contributed by atoms with Gasteiger partial charge in [-0.05, 0) is 12.1 Å². The lowest BCUT2D eigenvalue weighted by Crippen LogP contribution is -1.75. The van der Waals surface area contributed by atoms with Gasteiger partial charge in [0.25, 0.3) is 0 Å². The third-order valence-corrected chi connectivity index (χ3v) is 1.49. The van der Waals surface area contributed by atoms with Gasteiger partial charge in [0.15, 0.2) is 5.89 Å². The zero-order valence-corrected chi connectivity index (χ0v) is 6.16. The first-order valence-corrected chi connectivity index (χ1v) is 3.42. The van der Waals surface area contributed by atoms with Gasteiger partial charge in [0, 0.05) is 13.1 Å². The fourth-order valence-electron chi connectivity index (χ4n) is 0.977. The Morgan fingerprint density at radius 3 is 3.00 bits per heavy atom. The number of rotatable bonds is 1. The second kappa shape index (κ2) is 2.27. The van der Waals surface area contributed by atoms with Crippen LogP contribution in [0, 0.1) is 6.92 Å². The Morgan fingerprint density at radius 1 is 1.55 bits per heavy atom. The monoisotopic (exact) mass is 148 g/mol. The van der Waals surface area contributed by atoms with Crippen molar-refractivity contribution >= 4 is 0 Å². The molecule has 0 saturated carbocycles. The highest BCUT2D eigenvalue weighted by Crippen LogP contribution is 2.14. The Morgan fingerprint density at radius 2 is 2.45 bits per heavy atom. The van der Waals surface area contributed by atoms with E-state index < -0.39 is 0 Å². The standard InChI is InChI=1S/C8H8N2O/c1-6-10-8(5-11-6)7-3-2-4-9-7/h2-5,9H,1H3. The van der Waals surface area contributed by atoms with Crippen LogP contribution < -0.4 is 0 Å². The molecule has 0 bridgehead atoms. The van der Waals surface area contributed by atoms with E-state index in [9.17, 15) is 0 Å². The van der Waals surface area contributed by atoms with Gasteiger partial charge in [-0.15, -0.1) is 0 Å². The average Bonchev–Trinajstić information content (AvgIpc) is 2.55. The molecule has 3 nitrogen and oxygen atoms in total. The molecule has 0 atom stereocenters. The molecular formula is C8H8N2O. The summed E-state index contributed by atoms with van der Waals surface area (Å²) in [5, 5.41) is 0. The van der Waals surface area contributed by atoms with E-state index in [0.29, 0.717) is 5.89 Å². The predicted octanol–water partition coefficient (Wildman–Crippen LogP) is 1.98. The maximum atomic E-state index is 5.06. The van der Waals surface area contributed by atoms with Crippen molar-refractivity contribution in [2.45, 2.75) is 6.92 Å². The molecular weight excluding hydrogens is 140 g/mol. The minimum atomic E-state index is 0.689. The first kappa shape index (κ1) is 6.22. The molecule has 0 aliphatic carbocycles. The number of H-pyrrole nitrogens is 1. The van der Waals surface area contributed by atoms with Crippen molar-refractivity contribution in [3.8, 4) is 11.4 Å². The van der Waals surface area contributed by atoms with Crippen LogP contribution in [0.4, 0.5) is 0 Å². The largest absolute Gasteiger partial charge is 0.449 e. The summed E-state index contributed by atoms with van der Waals surface area (Å²) in [5.41, 5.74) is 1.84. The zero-order chi connectivity index (χ0) is 7.68. The summed E-state index contributed by atoms with van der Waals surface area (Å²) in [6, 6.07) is 3.89. The lowest BCUT2D eigenvalue weighted by molar-refractivity contribution is 0.521. The quantitative estimate of drug-likeness (QED) is 0.671. The van der Waals surface area contributed by atoms with Gasteiger partial charge in [-0.25, -0.2) is 4.98 Å². The molecule has 2 heterocycles. The number of nitrogens with zero attached hydrogens (tertiary/aromatic N) is 1. The lowest BCUT2D eigenvalue weighted by atomic mass is 10.3. The minimum Gasteiger partial charge on any atom is -0.449 e. The highest BCUT2D eigenvalue weighted by molar-refractivity contribution is 5.52. The van der Waals surface area contributed by atoms with Crippen LogP contribution in [0.3, 0.4) is 0 Å². The van der Waals surface area contributed by atoms with Crippen LogP contribution in [-0.2, 0) is 0 Å². The van der Waals surface area contributed by atoms with E-state index in [1.54, 1.807) is 6.26 Å². The van der Waals surface area contributed by atoms with Gasteiger partial charge in [0.05, 0.1) is 5.69 Å². The van der Waals surface area contributed by atoms with Crippen molar-refractivity contribution in [1.29, 1.82) is 0 Å². The highest BCUT2D eigenvalue weighted by atomic mass is 16.3. The summed E-state index contributed by atoms with van der Waals surface area (Å²) in [4.78, 5) is 7.20. The number of oxazole rings is 1. The van der Waals surface area contributed by atoms with Crippen LogP contribution in [0.1, 0.15) is 5.89 Å². The Bertz CT molecular complexity index is 335. The fraction of sp³-hybridized carbons (Fsp3) is 0.125. The number of hydrogen-bond donors (Lipinski definition) is 1. The third-order valence-electron chi connectivity index (χ3n) is 1.49. The van der Waals surface area contributed by atoms with Crippen LogP contribution in [0.5, 0.6) is 0 Å². The van der Waals surface area contributed by atoms with Crippen molar-refractivity contribution in [1.82, 2.24) is 9.97 Å². The topological polar surface area (TPSA) is 41.8 Å². The van der Waals surface area contributed by atoms with Gasteiger partial charge in [-0.2, -0.15) is 0 Å². The van der Waals surface area contributed by atoms with Crippen LogP contribution in [0.2, 0.25) is 0 Å². The second-order valence-corrected chi connectivity index (χ2v) is 2.34. The molecule has 1 N–H and O–H groups in total. The predicted molar refractivity (Wildman–Crippen MR) is 41.0 cm³/mol.